The number of ether oxygens (including phenoxy) is 1. The van der Waals surface area contributed by atoms with Crippen molar-refractivity contribution in [2.24, 2.45) is 11.1 Å². The van der Waals surface area contributed by atoms with E-state index in [1.165, 1.54) is 0 Å². The van der Waals surface area contributed by atoms with E-state index in [-0.39, 0.29) is 22.4 Å². The van der Waals surface area contributed by atoms with Gasteiger partial charge in [0.2, 0.25) is 0 Å². The van der Waals surface area contributed by atoms with E-state index < -0.39 is 20.5 Å². The smallest absolute Gasteiger partial charge is 0.182 e. The third kappa shape index (κ3) is 3.16. The van der Waals surface area contributed by atoms with E-state index in [1.54, 1.807) is 42.5 Å². The maximum atomic E-state index is 13.3. The van der Waals surface area contributed by atoms with Gasteiger partial charge in [-0.05, 0) is 36.8 Å². The van der Waals surface area contributed by atoms with Crippen LogP contribution in [0.15, 0.2) is 59.5 Å². The molecule has 0 saturated heterocycles. The monoisotopic (exact) mass is 409 g/mol. The third-order valence-corrected chi connectivity index (χ3v) is 7.82. The highest BCUT2D eigenvalue weighted by atomic mass is 35.5. The number of nitrogens with two attached hydrogens (primary N) is 1. The van der Waals surface area contributed by atoms with Gasteiger partial charge in [-0.3, -0.25) is 0 Å². The molecule has 0 unspecified atom stereocenters. The van der Waals surface area contributed by atoms with Crippen molar-refractivity contribution in [2.45, 2.75) is 23.0 Å². The summed E-state index contributed by atoms with van der Waals surface area (Å²) >= 11 is 11.3. The third-order valence-electron chi connectivity index (χ3n) is 4.90. The van der Waals surface area contributed by atoms with Crippen molar-refractivity contribution in [3.63, 3.8) is 0 Å². The highest BCUT2D eigenvalue weighted by Crippen LogP contribution is 2.64. The quantitative estimate of drug-likeness (QED) is 0.707. The Morgan fingerprint density at radius 2 is 1.81 bits per heavy atom. The van der Waals surface area contributed by atoms with Crippen molar-refractivity contribution in [1.82, 2.24) is 0 Å². The van der Waals surface area contributed by atoms with Crippen molar-refractivity contribution in [3.8, 4) is 0 Å². The lowest BCUT2D eigenvalue weighted by molar-refractivity contribution is 0.121. The largest absolute Gasteiger partial charge is 0.393 e. The van der Waals surface area contributed by atoms with Gasteiger partial charge in [0.05, 0.1) is 27.2 Å². The zero-order chi connectivity index (χ0) is 18.9. The van der Waals surface area contributed by atoms with E-state index in [2.05, 4.69) is 0 Å². The first kappa shape index (κ1) is 19.3. The van der Waals surface area contributed by atoms with E-state index >= 15 is 0 Å². The summed E-state index contributed by atoms with van der Waals surface area (Å²) in [5.41, 5.74) is 5.97. The van der Waals surface area contributed by atoms with Gasteiger partial charge in [0.15, 0.2) is 9.84 Å². The van der Waals surface area contributed by atoms with Crippen molar-refractivity contribution >= 4 is 38.6 Å². The average Bonchev–Trinajstić information content (AvgIpc) is 3.33. The fourth-order valence-electron chi connectivity index (χ4n) is 3.57. The summed E-state index contributed by atoms with van der Waals surface area (Å²) in [7, 11) is -3.64. The maximum Gasteiger partial charge on any atom is 0.182 e. The SMILES string of the molecule is CCOC[C@@]1(C(N)=S)[C@@H](c2ccc(Cl)cc2)[C@@H]1S(=O)(=O)c1ccccc1. The van der Waals surface area contributed by atoms with Crippen LogP contribution in [0.5, 0.6) is 0 Å². The van der Waals surface area contributed by atoms with Gasteiger partial charge in [-0.15, -0.1) is 0 Å². The molecule has 3 atom stereocenters. The molecule has 0 aliphatic heterocycles. The highest BCUT2D eigenvalue weighted by molar-refractivity contribution is 7.92. The van der Waals surface area contributed by atoms with Gasteiger partial charge >= 0.3 is 0 Å². The topological polar surface area (TPSA) is 69.4 Å². The molecule has 2 aromatic carbocycles. The fraction of sp³-hybridized carbons (Fsp3) is 0.316. The zero-order valence-electron chi connectivity index (χ0n) is 14.3. The Morgan fingerprint density at radius 1 is 1.19 bits per heavy atom. The molecule has 2 aromatic rings. The molecule has 1 fully saturated rings. The molecule has 0 aromatic heterocycles. The summed E-state index contributed by atoms with van der Waals surface area (Å²) in [6.45, 7) is 2.48. The number of sulfone groups is 1. The van der Waals surface area contributed by atoms with Crippen LogP contribution in [0.4, 0.5) is 0 Å². The van der Waals surface area contributed by atoms with Crippen LogP contribution in [0.2, 0.25) is 5.02 Å². The summed E-state index contributed by atoms with van der Waals surface area (Å²) in [5, 5.41) is -0.176. The fourth-order valence-corrected chi connectivity index (χ4v) is 6.49. The van der Waals surface area contributed by atoms with Crippen molar-refractivity contribution in [3.05, 3.63) is 65.2 Å². The molecule has 138 valence electrons. The Labute approximate surface area is 164 Å². The molecule has 1 aliphatic rings. The van der Waals surface area contributed by atoms with Crippen LogP contribution in [-0.2, 0) is 14.6 Å². The molecule has 3 rings (SSSR count). The first-order valence-corrected chi connectivity index (χ1v) is 10.6. The molecule has 4 nitrogen and oxygen atoms in total. The second kappa shape index (κ2) is 7.27. The van der Waals surface area contributed by atoms with Crippen molar-refractivity contribution < 1.29 is 13.2 Å². The normalized spacial score (nSPS) is 25.0. The van der Waals surface area contributed by atoms with E-state index in [0.717, 1.165) is 5.56 Å². The second-order valence-electron chi connectivity index (χ2n) is 6.35. The van der Waals surface area contributed by atoms with E-state index in [9.17, 15) is 8.42 Å². The minimum Gasteiger partial charge on any atom is -0.393 e. The van der Waals surface area contributed by atoms with Crippen LogP contribution in [0, 0.1) is 5.41 Å². The van der Waals surface area contributed by atoms with Gasteiger partial charge in [-0.25, -0.2) is 8.42 Å². The summed E-state index contributed by atoms with van der Waals surface area (Å²) in [4.78, 5) is 0.425. The molecule has 2 N–H and O–H groups in total. The summed E-state index contributed by atoms with van der Waals surface area (Å²) in [6, 6.07) is 15.5. The lowest BCUT2D eigenvalue weighted by Gasteiger charge is -2.17. The molecule has 0 heterocycles. The molecule has 0 radical (unpaired) electrons. The summed E-state index contributed by atoms with van der Waals surface area (Å²) in [5.74, 6) is -0.367. The van der Waals surface area contributed by atoms with E-state index in [1.807, 2.05) is 19.1 Å². The zero-order valence-corrected chi connectivity index (χ0v) is 16.7. The number of hydrogen-bond acceptors (Lipinski definition) is 4. The number of rotatable bonds is 7. The minimum absolute atomic E-state index is 0.162. The van der Waals surface area contributed by atoms with Crippen LogP contribution in [0.3, 0.4) is 0 Å². The maximum absolute atomic E-state index is 13.3. The Hall–Kier alpha value is -1.47. The number of benzene rings is 2. The predicted octanol–water partition coefficient (Wildman–Crippen LogP) is 3.59. The predicted molar refractivity (Wildman–Crippen MR) is 107 cm³/mol. The summed E-state index contributed by atoms with van der Waals surface area (Å²) < 4.78 is 32.3. The first-order valence-electron chi connectivity index (χ1n) is 8.27. The van der Waals surface area contributed by atoms with Gasteiger partial charge in [0.1, 0.15) is 0 Å². The molecular weight excluding hydrogens is 390 g/mol. The van der Waals surface area contributed by atoms with Crippen molar-refractivity contribution in [2.75, 3.05) is 13.2 Å². The van der Waals surface area contributed by atoms with Crippen LogP contribution < -0.4 is 5.73 Å². The van der Waals surface area contributed by atoms with Crippen LogP contribution in [0.25, 0.3) is 0 Å². The molecule has 1 aliphatic carbocycles. The molecule has 0 spiro atoms. The van der Waals surface area contributed by atoms with Crippen LogP contribution >= 0.6 is 23.8 Å². The molecular formula is C19H20ClNO3S2. The molecule has 0 bridgehead atoms. The standard InChI is InChI=1S/C19H20ClNO3S2/c1-2-24-12-19(18(21)25)16(13-8-10-14(20)11-9-13)17(19)26(22,23)15-6-4-3-5-7-15/h3-11,16-17H,2,12H2,1H3,(H2,21,25)/t16-,17-,19+/m0/s1. The summed E-state index contributed by atoms with van der Waals surface area (Å²) in [6.07, 6.45) is 0. The molecule has 1 saturated carbocycles. The lowest BCUT2D eigenvalue weighted by atomic mass is 10.00. The molecule has 26 heavy (non-hydrogen) atoms. The minimum atomic E-state index is -3.64. The number of hydrogen-bond donors (Lipinski definition) is 1. The second-order valence-corrected chi connectivity index (χ2v) is 9.30. The first-order chi connectivity index (χ1) is 12.4. The van der Waals surface area contributed by atoms with Gasteiger partial charge in [-0.2, -0.15) is 0 Å². The van der Waals surface area contributed by atoms with E-state index in [0.29, 0.717) is 11.6 Å². The Kier molecular flexibility index (Phi) is 5.40. The van der Waals surface area contributed by atoms with Crippen LogP contribution in [-0.4, -0.2) is 31.9 Å². The molecule has 7 heteroatoms. The van der Waals surface area contributed by atoms with Gasteiger partial charge in [0, 0.05) is 17.5 Å². The Balaban J connectivity index is 2.10. The van der Waals surface area contributed by atoms with Crippen LogP contribution in [0.1, 0.15) is 18.4 Å². The lowest BCUT2D eigenvalue weighted by Crippen LogP contribution is -2.33. The Bertz CT molecular complexity index is 900. The van der Waals surface area contributed by atoms with Gasteiger partial charge in [0.25, 0.3) is 0 Å². The molecule has 0 amide bonds. The Morgan fingerprint density at radius 3 is 2.35 bits per heavy atom. The number of halogens is 1. The van der Waals surface area contributed by atoms with E-state index in [4.69, 9.17) is 34.3 Å². The van der Waals surface area contributed by atoms with Gasteiger partial charge < -0.3 is 10.5 Å². The highest BCUT2D eigenvalue weighted by Gasteiger charge is 2.73. The van der Waals surface area contributed by atoms with Crippen molar-refractivity contribution in [1.29, 1.82) is 0 Å². The number of thiocarbonyl (C=S) groups is 1. The van der Waals surface area contributed by atoms with Gasteiger partial charge in [-0.1, -0.05) is 54.2 Å². The average molecular weight is 410 g/mol.